The van der Waals surface area contributed by atoms with E-state index in [9.17, 15) is 0 Å². The van der Waals surface area contributed by atoms with Gasteiger partial charge in [0.25, 0.3) is 0 Å². The minimum atomic E-state index is 0.970. The first-order chi connectivity index (χ1) is 6.24. The van der Waals surface area contributed by atoms with Crippen molar-refractivity contribution in [3.05, 3.63) is 28.5 Å². The average Bonchev–Trinajstić information content (AvgIpc) is 2.45. The fourth-order valence-corrected chi connectivity index (χ4v) is 1.99. The van der Waals surface area contributed by atoms with E-state index in [1.807, 2.05) is 12.1 Å². The van der Waals surface area contributed by atoms with Gasteiger partial charge in [-0.05, 0) is 28.1 Å². The fraction of sp³-hybridized carbons (Fsp3) is 0.300. The third-order valence-corrected chi connectivity index (χ3v) is 2.91. The van der Waals surface area contributed by atoms with E-state index in [0.717, 1.165) is 22.2 Å². The van der Waals surface area contributed by atoms with Crippen molar-refractivity contribution in [1.29, 1.82) is 0 Å². The first-order valence-corrected chi connectivity index (χ1v) is 5.13. The predicted molar refractivity (Wildman–Crippen MR) is 57.8 cm³/mol. The summed E-state index contributed by atoms with van der Waals surface area (Å²) in [4.78, 5) is 4.55. The molecule has 0 amide bonds. The number of halogens is 1. The molecule has 0 atom stereocenters. The third kappa shape index (κ3) is 1.27. The van der Waals surface area contributed by atoms with Gasteiger partial charge in [-0.1, -0.05) is 13.0 Å². The highest BCUT2D eigenvalue weighted by Crippen LogP contribution is 2.23. The molecule has 1 aromatic carbocycles. The standard InChI is InChI=1S/C10H11BrN2/c1-3-9-12-10-7(11)5-4-6-8(10)13(9)2/h4-6H,3H2,1-2H3. The Labute approximate surface area is 85.7 Å². The molecule has 0 N–H and O–H groups in total. The number of nitrogens with zero attached hydrogens (tertiary/aromatic N) is 2. The number of rotatable bonds is 1. The Morgan fingerprint density at radius 1 is 1.46 bits per heavy atom. The Morgan fingerprint density at radius 2 is 2.23 bits per heavy atom. The molecule has 0 aliphatic carbocycles. The van der Waals surface area contributed by atoms with Gasteiger partial charge in [0.05, 0.1) is 5.52 Å². The molecule has 0 bridgehead atoms. The van der Waals surface area contributed by atoms with Crippen molar-refractivity contribution in [2.24, 2.45) is 7.05 Å². The van der Waals surface area contributed by atoms with Gasteiger partial charge < -0.3 is 4.57 Å². The molecule has 0 aliphatic rings. The maximum absolute atomic E-state index is 4.55. The fourth-order valence-electron chi connectivity index (χ4n) is 1.54. The number of aromatic nitrogens is 2. The Hall–Kier alpha value is -0.830. The van der Waals surface area contributed by atoms with Crippen molar-refractivity contribution >= 4 is 27.0 Å². The highest BCUT2D eigenvalue weighted by molar-refractivity contribution is 9.10. The van der Waals surface area contributed by atoms with E-state index in [-0.39, 0.29) is 0 Å². The Balaban J connectivity index is 2.83. The third-order valence-electron chi connectivity index (χ3n) is 2.27. The van der Waals surface area contributed by atoms with Crippen LogP contribution in [0.5, 0.6) is 0 Å². The van der Waals surface area contributed by atoms with E-state index < -0.39 is 0 Å². The second-order valence-corrected chi connectivity index (χ2v) is 3.90. The summed E-state index contributed by atoms with van der Waals surface area (Å²) < 4.78 is 3.21. The maximum atomic E-state index is 4.55. The smallest absolute Gasteiger partial charge is 0.109 e. The second kappa shape index (κ2) is 3.14. The molecule has 1 aromatic heterocycles. The number of hydrogen-bond acceptors (Lipinski definition) is 1. The SMILES string of the molecule is CCc1nc2c(Br)cccc2n1C. The first-order valence-electron chi connectivity index (χ1n) is 4.34. The molecule has 0 saturated carbocycles. The van der Waals surface area contributed by atoms with Gasteiger partial charge in [-0.15, -0.1) is 0 Å². The lowest BCUT2D eigenvalue weighted by molar-refractivity contribution is 0.829. The molecule has 0 aliphatic heterocycles. The second-order valence-electron chi connectivity index (χ2n) is 3.05. The van der Waals surface area contributed by atoms with Crippen molar-refractivity contribution in [3.8, 4) is 0 Å². The normalized spacial score (nSPS) is 11.0. The number of benzene rings is 1. The zero-order valence-electron chi connectivity index (χ0n) is 7.71. The van der Waals surface area contributed by atoms with Crippen LogP contribution < -0.4 is 0 Å². The van der Waals surface area contributed by atoms with Crippen LogP contribution in [0.1, 0.15) is 12.7 Å². The summed E-state index contributed by atoms with van der Waals surface area (Å²) in [6, 6.07) is 6.15. The van der Waals surface area contributed by atoms with E-state index in [4.69, 9.17) is 0 Å². The van der Waals surface area contributed by atoms with Crippen LogP contribution >= 0.6 is 15.9 Å². The number of para-hydroxylation sites is 1. The van der Waals surface area contributed by atoms with Gasteiger partial charge in [0, 0.05) is 17.9 Å². The molecular weight excluding hydrogens is 228 g/mol. The molecule has 0 unspecified atom stereocenters. The summed E-state index contributed by atoms with van der Waals surface area (Å²) in [5.74, 6) is 1.13. The summed E-state index contributed by atoms with van der Waals surface area (Å²) in [6.07, 6.45) is 0.970. The van der Waals surface area contributed by atoms with Gasteiger partial charge in [0.15, 0.2) is 0 Å². The maximum Gasteiger partial charge on any atom is 0.109 e. The number of fused-ring (bicyclic) bond motifs is 1. The van der Waals surface area contributed by atoms with E-state index in [0.29, 0.717) is 0 Å². The Bertz CT molecular complexity index is 445. The van der Waals surface area contributed by atoms with Crippen LogP contribution in [0.15, 0.2) is 22.7 Å². The minimum Gasteiger partial charge on any atom is -0.331 e. The van der Waals surface area contributed by atoms with Crippen LogP contribution in [0.3, 0.4) is 0 Å². The molecule has 0 radical (unpaired) electrons. The predicted octanol–water partition coefficient (Wildman–Crippen LogP) is 2.90. The zero-order valence-corrected chi connectivity index (χ0v) is 9.30. The van der Waals surface area contributed by atoms with Crippen molar-refractivity contribution in [2.75, 3.05) is 0 Å². The van der Waals surface area contributed by atoms with E-state index in [1.54, 1.807) is 0 Å². The largest absolute Gasteiger partial charge is 0.331 e. The van der Waals surface area contributed by atoms with Gasteiger partial charge in [-0.3, -0.25) is 0 Å². The molecule has 0 spiro atoms. The van der Waals surface area contributed by atoms with Gasteiger partial charge in [0.2, 0.25) is 0 Å². The lowest BCUT2D eigenvalue weighted by Gasteiger charge is -1.97. The lowest BCUT2D eigenvalue weighted by Crippen LogP contribution is -1.94. The molecule has 0 fully saturated rings. The summed E-state index contributed by atoms with van der Waals surface area (Å²) >= 11 is 3.50. The van der Waals surface area contributed by atoms with Crippen LogP contribution in [-0.2, 0) is 13.5 Å². The van der Waals surface area contributed by atoms with Crippen LogP contribution in [0.4, 0.5) is 0 Å². The van der Waals surface area contributed by atoms with Crippen molar-refractivity contribution in [1.82, 2.24) is 9.55 Å². The Morgan fingerprint density at radius 3 is 2.85 bits per heavy atom. The molecule has 0 saturated heterocycles. The molecule has 68 valence electrons. The molecule has 13 heavy (non-hydrogen) atoms. The minimum absolute atomic E-state index is 0.970. The highest BCUT2D eigenvalue weighted by atomic mass is 79.9. The van der Waals surface area contributed by atoms with Gasteiger partial charge in [0.1, 0.15) is 11.3 Å². The molecule has 3 heteroatoms. The summed E-state index contributed by atoms with van der Waals surface area (Å²) in [5, 5.41) is 0. The lowest BCUT2D eigenvalue weighted by atomic mass is 10.3. The first kappa shape index (κ1) is 8.75. The van der Waals surface area contributed by atoms with E-state index in [1.165, 1.54) is 5.52 Å². The summed E-state index contributed by atoms with van der Waals surface area (Å²) in [5.41, 5.74) is 2.24. The molecule has 2 nitrogen and oxygen atoms in total. The quantitative estimate of drug-likeness (QED) is 0.748. The topological polar surface area (TPSA) is 17.8 Å². The van der Waals surface area contributed by atoms with Crippen LogP contribution in [0, 0.1) is 0 Å². The van der Waals surface area contributed by atoms with Gasteiger partial charge in [-0.25, -0.2) is 4.98 Å². The molecular formula is C10H11BrN2. The van der Waals surface area contributed by atoms with E-state index >= 15 is 0 Å². The van der Waals surface area contributed by atoms with E-state index in [2.05, 4.69) is 45.5 Å². The van der Waals surface area contributed by atoms with Crippen molar-refractivity contribution in [2.45, 2.75) is 13.3 Å². The number of hydrogen-bond donors (Lipinski definition) is 0. The zero-order chi connectivity index (χ0) is 9.42. The average molecular weight is 239 g/mol. The summed E-state index contributed by atoms with van der Waals surface area (Å²) in [7, 11) is 2.06. The van der Waals surface area contributed by atoms with Crippen LogP contribution in [-0.4, -0.2) is 9.55 Å². The van der Waals surface area contributed by atoms with Crippen LogP contribution in [0.2, 0.25) is 0 Å². The van der Waals surface area contributed by atoms with Crippen molar-refractivity contribution < 1.29 is 0 Å². The number of aryl methyl sites for hydroxylation is 2. The Kier molecular flexibility index (Phi) is 2.12. The monoisotopic (exact) mass is 238 g/mol. The molecule has 1 heterocycles. The van der Waals surface area contributed by atoms with Gasteiger partial charge >= 0.3 is 0 Å². The van der Waals surface area contributed by atoms with Gasteiger partial charge in [-0.2, -0.15) is 0 Å². The highest BCUT2D eigenvalue weighted by Gasteiger charge is 2.07. The molecule has 2 rings (SSSR count). The number of imidazole rings is 1. The summed E-state index contributed by atoms with van der Waals surface area (Å²) in [6.45, 7) is 2.12. The van der Waals surface area contributed by atoms with Crippen LogP contribution in [0.25, 0.3) is 11.0 Å². The van der Waals surface area contributed by atoms with Crippen molar-refractivity contribution in [3.63, 3.8) is 0 Å². The molecule has 2 aromatic rings.